The maximum Gasteiger partial charge on any atom is 0.163 e. The van der Waals surface area contributed by atoms with Gasteiger partial charge >= 0.3 is 0 Å². The van der Waals surface area contributed by atoms with Crippen LogP contribution in [0.5, 0.6) is 5.75 Å². The van der Waals surface area contributed by atoms with Gasteiger partial charge < -0.3 is 14.4 Å². The first-order chi connectivity index (χ1) is 9.47. The van der Waals surface area contributed by atoms with Gasteiger partial charge in [-0.3, -0.25) is 4.68 Å². The van der Waals surface area contributed by atoms with Gasteiger partial charge in [-0.1, -0.05) is 0 Å². The third kappa shape index (κ3) is 2.43. The van der Waals surface area contributed by atoms with Crippen molar-refractivity contribution < 1.29 is 9.84 Å². The van der Waals surface area contributed by atoms with Crippen molar-refractivity contribution in [2.24, 2.45) is 0 Å². The number of imidazole rings is 1. The van der Waals surface area contributed by atoms with Gasteiger partial charge in [-0.2, -0.15) is 5.10 Å². The van der Waals surface area contributed by atoms with Gasteiger partial charge in [-0.05, 0) is 27.7 Å². The summed E-state index contributed by atoms with van der Waals surface area (Å²) >= 11 is 0. The molecule has 2 aromatic heterocycles. The molecule has 0 saturated carbocycles. The van der Waals surface area contributed by atoms with Gasteiger partial charge in [0.05, 0.1) is 31.5 Å². The minimum Gasteiger partial charge on any atom is -0.493 e. The summed E-state index contributed by atoms with van der Waals surface area (Å²) in [5.74, 6) is 0.586. The number of aliphatic hydroxyl groups is 1. The van der Waals surface area contributed by atoms with Crippen LogP contribution in [0.25, 0.3) is 0 Å². The summed E-state index contributed by atoms with van der Waals surface area (Å²) in [6.07, 6.45) is 4.22. The van der Waals surface area contributed by atoms with Crippen LogP contribution in [0.1, 0.15) is 57.3 Å². The van der Waals surface area contributed by atoms with E-state index in [2.05, 4.69) is 23.9 Å². The highest BCUT2D eigenvalue weighted by molar-refractivity contribution is 5.32. The zero-order valence-electron chi connectivity index (χ0n) is 12.6. The molecule has 110 valence electrons. The maximum absolute atomic E-state index is 10.7. The second kappa shape index (κ2) is 5.66. The maximum atomic E-state index is 10.7. The fourth-order valence-corrected chi connectivity index (χ4v) is 2.28. The first-order valence-corrected chi connectivity index (χ1v) is 6.78. The molecule has 0 spiro atoms. The number of ether oxygens (including phenoxy) is 1. The van der Waals surface area contributed by atoms with Crippen LogP contribution in [0.15, 0.2) is 18.7 Å². The van der Waals surface area contributed by atoms with Gasteiger partial charge in [0.15, 0.2) is 5.75 Å². The molecule has 2 aromatic rings. The van der Waals surface area contributed by atoms with E-state index in [4.69, 9.17) is 4.74 Å². The van der Waals surface area contributed by atoms with E-state index < -0.39 is 6.10 Å². The number of aromatic nitrogens is 4. The van der Waals surface area contributed by atoms with Crippen LogP contribution in [-0.4, -0.2) is 31.5 Å². The summed E-state index contributed by atoms with van der Waals surface area (Å²) in [5, 5.41) is 15.0. The van der Waals surface area contributed by atoms with Crippen molar-refractivity contribution in [3.63, 3.8) is 0 Å². The van der Waals surface area contributed by atoms with Crippen LogP contribution in [-0.2, 0) is 0 Å². The molecule has 0 amide bonds. The van der Waals surface area contributed by atoms with Crippen LogP contribution < -0.4 is 4.74 Å². The topological polar surface area (TPSA) is 65.1 Å². The molecule has 0 bridgehead atoms. The molecule has 0 aliphatic rings. The van der Waals surface area contributed by atoms with Crippen LogP contribution in [0, 0.1) is 0 Å². The molecule has 2 heterocycles. The molecule has 1 N–H and O–H groups in total. The van der Waals surface area contributed by atoms with Crippen molar-refractivity contribution in [1.82, 2.24) is 19.3 Å². The number of rotatable bonds is 5. The fraction of sp³-hybridized carbons (Fsp3) is 0.571. The van der Waals surface area contributed by atoms with Gasteiger partial charge in [0.1, 0.15) is 11.8 Å². The second-order valence-corrected chi connectivity index (χ2v) is 5.36. The monoisotopic (exact) mass is 278 g/mol. The summed E-state index contributed by atoms with van der Waals surface area (Å²) in [6, 6.07) is 0.363. The molecule has 0 fully saturated rings. The van der Waals surface area contributed by atoms with E-state index in [-0.39, 0.29) is 12.1 Å². The number of aliphatic hydroxyl groups excluding tert-OH is 1. The van der Waals surface area contributed by atoms with E-state index in [0.29, 0.717) is 11.4 Å². The molecule has 0 aliphatic heterocycles. The molecule has 0 radical (unpaired) electrons. The van der Waals surface area contributed by atoms with E-state index in [1.54, 1.807) is 30.5 Å². The number of hydrogen-bond donors (Lipinski definition) is 1. The highest BCUT2D eigenvalue weighted by Crippen LogP contribution is 2.32. The first kappa shape index (κ1) is 14.6. The average Bonchev–Trinajstić information content (AvgIpc) is 3.04. The predicted octanol–water partition coefficient (Wildman–Crippen LogP) is 2.33. The molecule has 2 rings (SSSR count). The van der Waals surface area contributed by atoms with Crippen molar-refractivity contribution >= 4 is 0 Å². The Morgan fingerprint density at radius 3 is 2.40 bits per heavy atom. The lowest BCUT2D eigenvalue weighted by Crippen LogP contribution is -2.16. The molecule has 0 aromatic carbocycles. The summed E-state index contributed by atoms with van der Waals surface area (Å²) in [6.45, 7) is 8.13. The lowest BCUT2D eigenvalue weighted by atomic mass is 10.1. The summed E-state index contributed by atoms with van der Waals surface area (Å²) in [7, 11) is 1.58. The molecule has 6 heteroatoms. The predicted molar refractivity (Wildman–Crippen MR) is 75.8 cm³/mol. The van der Waals surface area contributed by atoms with Crippen LogP contribution in [0.4, 0.5) is 0 Å². The SMILES string of the molecule is COc1cnn(C(C)C)c1C(O)c1cncn1C(C)C. The molecule has 6 nitrogen and oxygen atoms in total. The Kier molecular flexibility index (Phi) is 4.13. The minimum atomic E-state index is -0.820. The molecular weight excluding hydrogens is 256 g/mol. The lowest BCUT2D eigenvalue weighted by Gasteiger charge is -2.20. The number of nitrogens with zero attached hydrogens (tertiary/aromatic N) is 4. The van der Waals surface area contributed by atoms with E-state index in [1.807, 2.05) is 18.4 Å². The second-order valence-electron chi connectivity index (χ2n) is 5.36. The fourth-order valence-electron chi connectivity index (χ4n) is 2.28. The lowest BCUT2D eigenvalue weighted by molar-refractivity contribution is 0.188. The molecule has 1 unspecified atom stereocenters. The summed E-state index contributed by atoms with van der Waals surface area (Å²) in [5.41, 5.74) is 1.39. The third-order valence-corrected chi connectivity index (χ3v) is 3.30. The molecule has 20 heavy (non-hydrogen) atoms. The standard InChI is InChI=1S/C14H22N4O2/c1-9(2)17-8-15-6-11(17)14(19)13-12(20-5)7-16-18(13)10(3)4/h6-10,14,19H,1-5H3. The van der Waals surface area contributed by atoms with Crippen LogP contribution >= 0.6 is 0 Å². The Labute approximate surface area is 119 Å². The smallest absolute Gasteiger partial charge is 0.163 e. The zero-order chi connectivity index (χ0) is 14.9. The Bertz CT molecular complexity index is 571. The van der Waals surface area contributed by atoms with E-state index in [0.717, 1.165) is 5.69 Å². The molecular formula is C14H22N4O2. The average molecular weight is 278 g/mol. The number of hydrogen-bond acceptors (Lipinski definition) is 4. The quantitative estimate of drug-likeness (QED) is 0.911. The molecule has 1 atom stereocenters. The third-order valence-electron chi connectivity index (χ3n) is 3.30. The Balaban J connectivity index is 2.49. The largest absolute Gasteiger partial charge is 0.493 e. The van der Waals surface area contributed by atoms with Gasteiger partial charge in [0.2, 0.25) is 0 Å². The van der Waals surface area contributed by atoms with Crippen molar-refractivity contribution in [1.29, 1.82) is 0 Å². The Morgan fingerprint density at radius 2 is 1.85 bits per heavy atom. The van der Waals surface area contributed by atoms with Gasteiger partial charge in [0.25, 0.3) is 0 Å². The Morgan fingerprint density at radius 1 is 1.15 bits per heavy atom. The normalized spacial score (nSPS) is 13.2. The van der Waals surface area contributed by atoms with Crippen LogP contribution in [0.2, 0.25) is 0 Å². The zero-order valence-corrected chi connectivity index (χ0v) is 12.6. The van der Waals surface area contributed by atoms with Gasteiger partial charge in [-0.15, -0.1) is 0 Å². The van der Waals surface area contributed by atoms with Crippen LogP contribution in [0.3, 0.4) is 0 Å². The highest BCUT2D eigenvalue weighted by Gasteiger charge is 2.25. The van der Waals surface area contributed by atoms with E-state index >= 15 is 0 Å². The van der Waals surface area contributed by atoms with Crippen molar-refractivity contribution in [2.45, 2.75) is 45.9 Å². The van der Waals surface area contributed by atoms with Crippen molar-refractivity contribution in [3.8, 4) is 5.75 Å². The van der Waals surface area contributed by atoms with Crippen molar-refractivity contribution in [2.75, 3.05) is 7.11 Å². The van der Waals surface area contributed by atoms with Gasteiger partial charge in [-0.25, -0.2) is 4.98 Å². The summed E-state index contributed by atoms with van der Waals surface area (Å²) in [4.78, 5) is 4.14. The van der Waals surface area contributed by atoms with Gasteiger partial charge in [0, 0.05) is 12.1 Å². The van der Waals surface area contributed by atoms with E-state index in [9.17, 15) is 5.11 Å². The first-order valence-electron chi connectivity index (χ1n) is 6.78. The molecule has 0 saturated heterocycles. The summed E-state index contributed by atoms with van der Waals surface area (Å²) < 4.78 is 9.05. The number of methoxy groups -OCH3 is 1. The van der Waals surface area contributed by atoms with E-state index in [1.165, 1.54) is 0 Å². The van der Waals surface area contributed by atoms with Crippen molar-refractivity contribution in [3.05, 3.63) is 30.1 Å². The molecule has 0 aliphatic carbocycles. The minimum absolute atomic E-state index is 0.138. The highest BCUT2D eigenvalue weighted by atomic mass is 16.5. The Hall–Kier alpha value is -1.82.